The normalized spacial score (nSPS) is 15.4. The van der Waals surface area contributed by atoms with Crippen molar-refractivity contribution in [1.82, 2.24) is 14.9 Å². The van der Waals surface area contributed by atoms with Crippen LogP contribution in [0, 0.1) is 5.92 Å². The zero-order chi connectivity index (χ0) is 33.6. The van der Waals surface area contributed by atoms with E-state index in [9.17, 15) is 31.5 Å². The highest BCUT2D eigenvalue weighted by molar-refractivity contribution is 7.90. The van der Waals surface area contributed by atoms with Crippen LogP contribution in [0.5, 0.6) is 11.5 Å². The van der Waals surface area contributed by atoms with Crippen molar-refractivity contribution < 1.29 is 45.7 Å². The SMILES string of the molecule is CC(C)CN(C[C@@H](O)[C@H](Cc1ccccc1)NC(=O)[C@H](CS(C)(=O)=O)NC(=O)OC(C)(C)C)S(=O)(=O)c1ccc2c(c1)OCO2. The van der Waals surface area contributed by atoms with Crippen molar-refractivity contribution in [2.45, 2.75) is 69.7 Å². The van der Waals surface area contributed by atoms with Gasteiger partial charge in [-0.05, 0) is 50.8 Å². The first-order valence-corrected chi connectivity index (χ1v) is 17.9. The number of aliphatic hydroxyl groups is 1. The zero-order valence-corrected chi connectivity index (χ0v) is 28.0. The summed E-state index contributed by atoms with van der Waals surface area (Å²) < 4.78 is 69.0. The number of benzene rings is 2. The molecule has 0 saturated heterocycles. The predicted molar refractivity (Wildman–Crippen MR) is 167 cm³/mol. The van der Waals surface area contributed by atoms with Crippen molar-refractivity contribution >= 4 is 31.9 Å². The maximum absolute atomic E-state index is 13.8. The van der Waals surface area contributed by atoms with Gasteiger partial charge in [-0.15, -0.1) is 0 Å². The van der Waals surface area contributed by atoms with Gasteiger partial charge >= 0.3 is 6.09 Å². The van der Waals surface area contributed by atoms with Crippen molar-refractivity contribution in [2.24, 2.45) is 5.92 Å². The molecule has 0 unspecified atom stereocenters. The number of nitrogens with one attached hydrogen (secondary N) is 2. The van der Waals surface area contributed by atoms with E-state index < -0.39 is 67.9 Å². The van der Waals surface area contributed by atoms with E-state index in [1.165, 1.54) is 18.2 Å². The highest BCUT2D eigenvalue weighted by Gasteiger charge is 2.35. The number of aliphatic hydroxyl groups excluding tert-OH is 1. The summed E-state index contributed by atoms with van der Waals surface area (Å²) in [6.07, 6.45) is -1.45. The average molecular weight is 670 g/mol. The largest absolute Gasteiger partial charge is 0.454 e. The summed E-state index contributed by atoms with van der Waals surface area (Å²) in [5, 5.41) is 16.5. The lowest BCUT2D eigenvalue weighted by molar-refractivity contribution is -0.124. The number of sulfonamides is 1. The summed E-state index contributed by atoms with van der Waals surface area (Å²) in [6.45, 7) is 8.13. The van der Waals surface area contributed by atoms with E-state index in [4.69, 9.17) is 14.2 Å². The fourth-order valence-electron chi connectivity index (χ4n) is 4.57. The minimum atomic E-state index is -4.15. The molecule has 0 bridgehead atoms. The van der Waals surface area contributed by atoms with Crippen molar-refractivity contribution in [3.63, 3.8) is 0 Å². The van der Waals surface area contributed by atoms with Crippen molar-refractivity contribution in [2.75, 3.05) is 31.9 Å². The van der Waals surface area contributed by atoms with Crippen LogP contribution < -0.4 is 20.1 Å². The zero-order valence-electron chi connectivity index (χ0n) is 26.3. The minimum Gasteiger partial charge on any atom is -0.454 e. The van der Waals surface area contributed by atoms with Crippen LogP contribution in [0.25, 0.3) is 0 Å². The first kappa shape index (κ1) is 36.1. The number of hydrogen-bond donors (Lipinski definition) is 3. The molecule has 1 aliphatic heterocycles. The molecule has 0 fully saturated rings. The Bertz CT molecular complexity index is 1540. The molecule has 0 aliphatic carbocycles. The molecule has 1 heterocycles. The average Bonchev–Trinajstić information content (AvgIpc) is 3.38. The Kier molecular flexibility index (Phi) is 11.9. The van der Waals surface area contributed by atoms with Crippen LogP contribution >= 0.6 is 0 Å². The summed E-state index contributed by atoms with van der Waals surface area (Å²) in [7, 11) is -7.91. The van der Waals surface area contributed by atoms with Gasteiger partial charge in [0.05, 0.1) is 22.8 Å². The second kappa shape index (κ2) is 14.8. The topological polar surface area (TPSA) is 178 Å². The Balaban J connectivity index is 1.91. The first-order valence-electron chi connectivity index (χ1n) is 14.4. The van der Waals surface area contributed by atoms with Crippen molar-refractivity contribution in [1.29, 1.82) is 0 Å². The Labute approximate surface area is 265 Å². The standard InChI is InChI=1S/C30H43N3O10S2/c1-20(2)16-33(45(39,40)22-12-13-26-27(15-22)42-19-41-26)17-25(34)23(14-21-10-8-7-9-11-21)31-28(35)24(18-44(6,37)38)32-29(36)43-30(3,4)5/h7-13,15,20,23-25,34H,14,16-19H2,1-6H3,(H,31,35)(H,32,36)/t23-,24-,25+/m0/s1. The van der Waals surface area contributed by atoms with Crippen molar-refractivity contribution in [3.05, 3.63) is 54.1 Å². The molecule has 2 amide bonds. The number of amides is 2. The third-order valence-corrected chi connectivity index (χ3v) is 9.28. The van der Waals surface area contributed by atoms with Crippen LogP contribution in [0.2, 0.25) is 0 Å². The van der Waals surface area contributed by atoms with Crippen LogP contribution in [0.1, 0.15) is 40.2 Å². The molecule has 3 N–H and O–H groups in total. The Morgan fingerprint density at radius 3 is 2.22 bits per heavy atom. The molecule has 3 atom stereocenters. The highest BCUT2D eigenvalue weighted by atomic mass is 32.2. The minimum absolute atomic E-state index is 0.0305. The summed E-state index contributed by atoms with van der Waals surface area (Å²) in [4.78, 5) is 25.9. The molecule has 13 nitrogen and oxygen atoms in total. The van der Waals surface area contributed by atoms with Crippen molar-refractivity contribution in [3.8, 4) is 11.5 Å². The molecule has 1 aliphatic rings. The lowest BCUT2D eigenvalue weighted by atomic mass is 10.0. The molecular weight excluding hydrogens is 626 g/mol. The summed E-state index contributed by atoms with van der Waals surface area (Å²) in [5.41, 5.74) is -0.193. The summed E-state index contributed by atoms with van der Waals surface area (Å²) >= 11 is 0. The number of nitrogens with zero attached hydrogens (tertiary/aromatic N) is 1. The van der Waals surface area contributed by atoms with E-state index in [1.807, 2.05) is 13.8 Å². The van der Waals surface area contributed by atoms with E-state index in [1.54, 1.807) is 51.1 Å². The van der Waals surface area contributed by atoms with Gasteiger partial charge in [0.2, 0.25) is 22.7 Å². The number of sulfone groups is 1. The lowest BCUT2D eigenvalue weighted by Gasteiger charge is -2.31. The van der Waals surface area contributed by atoms with Gasteiger partial charge in [0.1, 0.15) is 21.5 Å². The van der Waals surface area contributed by atoms with Gasteiger partial charge in [0, 0.05) is 25.4 Å². The van der Waals surface area contributed by atoms with Gasteiger partial charge in [0.25, 0.3) is 0 Å². The number of carbonyl (C=O) groups is 2. The number of alkyl carbamates (subject to hydrolysis) is 1. The van der Waals surface area contributed by atoms with Gasteiger partial charge in [0.15, 0.2) is 11.5 Å². The number of rotatable bonds is 14. The van der Waals surface area contributed by atoms with Gasteiger partial charge in [-0.3, -0.25) is 4.79 Å². The quantitative estimate of drug-likeness (QED) is 0.270. The number of hydrogen-bond acceptors (Lipinski definition) is 10. The van der Waals surface area contributed by atoms with Crippen LogP contribution in [-0.4, -0.2) is 93.9 Å². The molecule has 0 spiro atoms. The summed E-state index contributed by atoms with van der Waals surface area (Å²) in [5.74, 6) is -1.05. The lowest BCUT2D eigenvalue weighted by Crippen LogP contribution is -2.57. The van der Waals surface area contributed by atoms with Gasteiger partial charge < -0.3 is 30.0 Å². The van der Waals surface area contributed by atoms with E-state index in [0.29, 0.717) is 5.75 Å². The monoisotopic (exact) mass is 669 g/mol. The fraction of sp³-hybridized carbons (Fsp3) is 0.533. The molecule has 15 heteroatoms. The van der Waals surface area contributed by atoms with Gasteiger partial charge in [-0.2, -0.15) is 4.31 Å². The molecular formula is C30H43N3O10S2. The Morgan fingerprint density at radius 2 is 1.62 bits per heavy atom. The Morgan fingerprint density at radius 1 is 0.978 bits per heavy atom. The van der Waals surface area contributed by atoms with Crippen LogP contribution in [0.4, 0.5) is 4.79 Å². The fourth-order valence-corrected chi connectivity index (χ4v) is 7.05. The highest BCUT2D eigenvalue weighted by Crippen LogP contribution is 2.35. The Hall–Kier alpha value is -3.40. The predicted octanol–water partition coefficient (Wildman–Crippen LogP) is 2.09. The molecule has 2 aromatic rings. The summed E-state index contributed by atoms with van der Waals surface area (Å²) in [6, 6.07) is 10.5. The molecule has 2 aromatic carbocycles. The number of fused-ring (bicyclic) bond motifs is 1. The van der Waals surface area contributed by atoms with E-state index in [-0.39, 0.29) is 36.3 Å². The molecule has 0 saturated carbocycles. The van der Waals surface area contributed by atoms with Gasteiger partial charge in [-0.25, -0.2) is 21.6 Å². The van der Waals surface area contributed by atoms with Crippen LogP contribution in [-0.2, 0) is 35.8 Å². The first-order chi connectivity index (χ1) is 20.8. The molecule has 250 valence electrons. The third-order valence-electron chi connectivity index (χ3n) is 6.51. The van der Waals surface area contributed by atoms with E-state index >= 15 is 0 Å². The number of ether oxygens (including phenoxy) is 3. The van der Waals surface area contributed by atoms with E-state index in [2.05, 4.69) is 10.6 Å². The maximum atomic E-state index is 13.8. The second-order valence-corrected chi connectivity index (χ2v) is 16.5. The number of carbonyl (C=O) groups excluding carboxylic acids is 2. The third kappa shape index (κ3) is 11.2. The van der Waals surface area contributed by atoms with E-state index in [0.717, 1.165) is 16.1 Å². The second-order valence-electron chi connectivity index (χ2n) is 12.4. The van der Waals surface area contributed by atoms with Crippen LogP contribution in [0.3, 0.4) is 0 Å². The molecule has 0 radical (unpaired) electrons. The maximum Gasteiger partial charge on any atom is 0.408 e. The smallest absolute Gasteiger partial charge is 0.408 e. The van der Waals surface area contributed by atoms with Gasteiger partial charge in [-0.1, -0.05) is 44.2 Å². The molecule has 0 aromatic heterocycles. The van der Waals surface area contributed by atoms with Crippen LogP contribution in [0.15, 0.2) is 53.4 Å². The molecule has 3 rings (SSSR count). The molecule has 45 heavy (non-hydrogen) atoms.